The van der Waals surface area contributed by atoms with Gasteiger partial charge in [0, 0.05) is 0 Å². The zero-order chi connectivity index (χ0) is 21.1. The van der Waals surface area contributed by atoms with Crippen LogP contribution in [0.25, 0.3) is 0 Å². The van der Waals surface area contributed by atoms with E-state index in [0.29, 0.717) is 5.56 Å². The van der Waals surface area contributed by atoms with Gasteiger partial charge in [-0.25, -0.2) is 4.79 Å². The minimum Gasteiger partial charge on any atom is -0.872 e. The molecule has 4 rings (SSSR count). The molecule has 0 heterocycles. The van der Waals surface area contributed by atoms with Gasteiger partial charge in [0.25, 0.3) is 0 Å². The van der Waals surface area contributed by atoms with E-state index in [9.17, 15) is 15.0 Å². The van der Waals surface area contributed by atoms with Gasteiger partial charge in [0.05, 0.1) is 11.0 Å². The normalized spacial score (nSPS) is 10.9. The van der Waals surface area contributed by atoms with Gasteiger partial charge in [0.15, 0.2) is 0 Å². The first-order valence-corrected chi connectivity index (χ1v) is 9.77. The van der Waals surface area contributed by atoms with Gasteiger partial charge in [0.2, 0.25) is 0 Å². The summed E-state index contributed by atoms with van der Waals surface area (Å²) in [6, 6.07) is 33.3. The molecule has 148 valence electrons. The fraction of sp³-hybridized carbons (Fsp3) is 0.0741. The van der Waals surface area contributed by atoms with Crippen molar-refractivity contribution in [2.24, 2.45) is 0 Å². The first-order chi connectivity index (χ1) is 14.5. The van der Waals surface area contributed by atoms with Gasteiger partial charge in [-0.05, 0) is 35.2 Å². The molecular formula is C27H21O3Zn+. The zero-order valence-electron chi connectivity index (χ0n) is 17.3. The summed E-state index contributed by atoms with van der Waals surface area (Å²) in [6.45, 7) is 1.67. The maximum atomic E-state index is 12.5. The second kappa shape index (κ2) is 9.28. The fourth-order valence-corrected chi connectivity index (χ4v) is 4.21. The molecule has 0 aliphatic carbocycles. The first-order valence-electron chi connectivity index (χ1n) is 9.77. The Labute approximate surface area is 194 Å². The van der Waals surface area contributed by atoms with E-state index in [0.717, 1.165) is 22.3 Å². The maximum absolute atomic E-state index is 12.5. The molecule has 3 nitrogen and oxygen atoms in total. The molecule has 31 heavy (non-hydrogen) atoms. The number of aryl methyl sites for hydroxylation is 1. The Kier molecular flexibility index (Phi) is 6.72. The Morgan fingerprint density at radius 1 is 0.710 bits per heavy atom. The monoisotopic (exact) mass is 457 g/mol. The van der Waals surface area contributed by atoms with Gasteiger partial charge in [-0.2, -0.15) is 0 Å². The number of benzene rings is 4. The third kappa shape index (κ3) is 3.92. The summed E-state index contributed by atoms with van der Waals surface area (Å²) in [6.07, 6.45) is 0. The molecule has 1 N–H and O–H groups in total. The maximum Gasteiger partial charge on any atom is 2.00 e. The summed E-state index contributed by atoms with van der Waals surface area (Å²) < 4.78 is 0. The van der Waals surface area contributed by atoms with Crippen LogP contribution in [0.15, 0.2) is 103 Å². The summed E-state index contributed by atoms with van der Waals surface area (Å²) >= 11 is 0. The summed E-state index contributed by atoms with van der Waals surface area (Å²) in [7, 11) is 0. The van der Waals surface area contributed by atoms with E-state index in [1.807, 2.05) is 97.1 Å². The van der Waals surface area contributed by atoms with E-state index < -0.39 is 17.1 Å². The van der Waals surface area contributed by atoms with Gasteiger partial charge in [-0.15, -0.1) is 0 Å². The van der Waals surface area contributed by atoms with Gasteiger partial charge < -0.3 is 10.2 Å². The zero-order valence-corrected chi connectivity index (χ0v) is 20.3. The molecule has 0 bridgehead atoms. The van der Waals surface area contributed by atoms with Crippen molar-refractivity contribution >= 4 is 5.97 Å². The molecule has 0 aliphatic heterocycles. The molecule has 0 fully saturated rings. The Bertz CT molecular complexity index is 1080. The first kappa shape index (κ1) is 22.5. The number of rotatable bonds is 5. The van der Waals surface area contributed by atoms with Gasteiger partial charge >= 0.3 is 25.4 Å². The van der Waals surface area contributed by atoms with Crippen LogP contribution in [0.1, 0.15) is 38.2 Å². The molecule has 0 unspecified atom stereocenters. The van der Waals surface area contributed by atoms with Crippen molar-refractivity contribution in [3.63, 3.8) is 0 Å². The van der Waals surface area contributed by atoms with Gasteiger partial charge in [-0.3, -0.25) is 0 Å². The van der Waals surface area contributed by atoms with Crippen LogP contribution in [0.4, 0.5) is 0 Å². The van der Waals surface area contributed by atoms with E-state index in [-0.39, 0.29) is 25.0 Å². The van der Waals surface area contributed by atoms with Crippen LogP contribution in [0.3, 0.4) is 0 Å². The van der Waals surface area contributed by atoms with Crippen molar-refractivity contribution in [1.82, 2.24) is 0 Å². The number of hydrogen-bond acceptors (Lipinski definition) is 2. The average molecular weight is 459 g/mol. The molecule has 0 saturated heterocycles. The number of aromatic carboxylic acids is 1. The van der Waals surface area contributed by atoms with Crippen LogP contribution in [-0.4, -0.2) is 11.1 Å². The molecule has 0 spiro atoms. The predicted molar refractivity (Wildman–Crippen MR) is 116 cm³/mol. The molecular weight excluding hydrogens is 438 g/mol. The second-order valence-corrected chi connectivity index (χ2v) is 7.32. The molecule has 4 heteroatoms. The Balaban J connectivity index is 0.00000272. The third-order valence-electron chi connectivity index (χ3n) is 5.56. The summed E-state index contributed by atoms with van der Waals surface area (Å²) in [4.78, 5) is 11.9. The minimum absolute atomic E-state index is 0. The number of carboxylic acid groups (broad SMARTS) is 1. The Morgan fingerprint density at radius 3 is 1.45 bits per heavy atom. The fourth-order valence-electron chi connectivity index (χ4n) is 4.21. The van der Waals surface area contributed by atoms with Gasteiger partial charge in [0.1, 0.15) is 0 Å². The van der Waals surface area contributed by atoms with Crippen LogP contribution in [0.2, 0.25) is 0 Å². The van der Waals surface area contributed by atoms with Gasteiger partial charge in [-0.1, -0.05) is 108 Å². The Morgan fingerprint density at radius 2 is 1.10 bits per heavy atom. The van der Waals surface area contributed by atoms with Crippen molar-refractivity contribution in [1.29, 1.82) is 0 Å². The molecule has 0 atom stereocenters. The molecule has 4 aromatic carbocycles. The van der Waals surface area contributed by atoms with E-state index in [2.05, 4.69) is 0 Å². The number of carbonyl (C=O) groups is 1. The number of hydrogen-bond donors (Lipinski definition) is 1. The van der Waals surface area contributed by atoms with E-state index >= 15 is 0 Å². The van der Waals surface area contributed by atoms with Crippen LogP contribution < -0.4 is 5.11 Å². The van der Waals surface area contributed by atoms with Crippen LogP contribution in [-0.2, 0) is 24.9 Å². The second-order valence-electron chi connectivity index (χ2n) is 7.32. The van der Waals surface area contributed by atoms with Crippen molar-refractivity contribution in [3.05, 3.63) is 137 Å². The van der Waals surface area contributed by atoms with Crippen molar-refractivity contribution < 1.29 is 34.5 Å². The largest absolute Gasteiger partial charge is 2.00 e. The Hall–Kier alpha value is -3.23. The van der Waals surface area contributed by atoms with Crippen LogP contribution in [0.5, 0.6) is 5.75 Å². The molecule has 4 aromatic rings. The third-order valence-corrected chi connectivity index (χ3v) is 5.56. The average Bonchev–Trinajstić information content (AvgIpc) is 2.78. The van der Waals surface area contributed by atoms with E-state index in [4.69, 9.17) is 0 Å². The summed E-state index contributed by atoms with van der Waals surface area (Å²) in [5.74, 6) is -1.66. The molecule has 0 radical (unpaired) electrons. The van der Waals surface area contributed by atoms with Crippen molar-refractivity contribution in [2.45, 2.75) is 12.3 Å². The standard InChI is InChI=1S/C27H22O3.Zn/c1-19-17-23(18-24(25(19)28)26(29)30)27(20-11-5-2-6-12-20,21-13-7-3-8-14-21)22-15-9-4-10-16-22;/h2-18,28H,1H3,(H,29,30);/q;+2/p-1. The van der Waals surface area contributed by atoms with Crippen LogP contribution >= 0.6 is 0 Å². The predicted octanol–water partition coefficient (Wildman–Crippen LogP) is 5.15. The van der Waals surface area contributed by atoms with E-state index in [1.54, 1.807) is 6.92 Å². The SMILES string of the molecule is Cc1cc(C(c2ccccc2)(c2ccccc2)c2ccccc2)cc(C(=O)O)c1[O-].[Zn+2]. The topological polar surface area (TPSA) is 60.4 Å². The smallest absolute Gasteiger partial charge is 0.872 e. The van der Waals surface area contributed by atoms with E-state index in [1.165, 1.54) is 6.07 Å². The minimum atomic E-state index is -1.21. The molecule has 0 aliphatic rings. The summed E-state index contributed by atoms with van der Waals surface area (Å²) in [5.41, 5.74) is 3.17. The molecule has 0 aromatic heterocycles. The van der Waals surface area contributed by atoms with Crippen molar-refractivity contribution in [2.75, 3.05) is 0 Å². The molecule has 0 saturated carbocycles. The number of carboxylic acids is 1. The quantitative estimate of drug-likeness (QED) is 0.332. The van der Waals surface area contributed by atoms with Crippen LogP contribution in [0, 0.1) is 6.92 Å². The summed E-state index contributed by atoms with van der Waals surface area (Å²) in [5, 5.41) is 22.2. The molecule has 0 amide bonds. The van der Waals surface area contributed by atoms with Crippen molar-refractivity contribution in [3.8, 4) is 5.75 Å².